The third-order valence-electron chi connectivity index (χ3n) is 4.25. The van der Waals surface area contributed by atoms with Crippen LogP contribution in [0.3, 0.4) is 0 Å². The first kappa shape index (κ1) is 17.3. The highest BCUT2D eigenvalue weighted by Gasteiger charge is 2.23. The second-order valence-corrected chi connectivity index (χ2v) is 6.24. The summed E-state index contributed by atoms with van der Waals surface area (Å²) in [5, 5.41) is 9.52. The summed E-state index contributed by atoms with van der Waals surface area (Å²) in [5.74, 6) is 1.82. The van der Waals surface area contributed by atoms with E-state index < -0.39 is 0 Å². The summed E-state index contributed by atoms with van der Waals surface area (Å²) >= 11 is 0. The maximum absolute atomic E-state index is 12.1. The van der Waals surface area contributed by atoms with E-state index in [1.807, 2.05) is 36.4 Å². The third-order valence-corrected chi connectivity index (χ3v) is 4.25. The van der Waals surface area contributed by atoms with Crippen molar-refractivity contribution >= 4 is 11.7 Å². The normalized spacial score (nSPS) is 16.4. The SMILES string of the molecule is O=C(NCCc1noc([C@@H]2CCCO2)n1)Nc1cccc(-c2ccco2)c1. The third kappa shape index (κ3) is 4.35. The fraction of sp³-hybridized carbons (Fsp3) is 0.316. The number of ether oxygens (including phenoxy) is 1. The minimum Gasteiger partial charge on any atom is -0.464 e. The Balaban J connectivity index is 1.26. The van der Waals surface area contributed by atoms with Crippen LogP contribution in [0.4, 0.5) is 10.5 Å². The number of carbonyl (C=O) groups excluding carboxylic acids is 1. The summed E-state index contributed by atoms with van der Waals surface area (Å²) in [6.45, 7) is 1.12. The maximum atomic E-state index is 12.1. The molecule has 1 atom stereocenters. The van der Waals surface area contributed by atoms with Crippen molar-refractivity contribution in [1.82, 2.24) is 15.5 Å². The van der Waals surface area contributed by atoms with Crippen molar-refractivity contribution in [2.75, 3.05) is 18.5 Å². The minimum atomic E-state index is -0.297. The van der Waals surface area contributed by atoms with Gasteiger partial charge in [0.2, 0.25) is 0 Å². The van der Waals surface area contributed by atoms with Crippen LogP contribution in [-0.2, 0) is 11.2 Å². The molecule has 3 aromatic rings. The van der Waals surface area contributed by atoms with E-state index in [0.717, 1.165) is 30.8 Å². The van der Waals surface area contributed by atoms with E-state index in [4.69, 9.17) is 13.7 Å². The van der Waals surface area contributed by atoms with Crippen molar-refractivity contribution in [3.05, 3.63) is 54.4 Å². The number of nitrogens with one attached hydrogen (secondary N) is 2. The smallest absolute Gasteiger partial charge is 0.319 e. The minimum absolute atomic E-state index is 0.0936. The number of urea groups is 1. The summed E-state index contributed by atoms with van der Waals surface area (Å²) < 4.78 is 16.1. The Morgan fingerprint density at radius 3 is 3.04 bits per heavy atom. The van der Waals surface area contributed by atoms with E-state index in [1.54, 1.807) is 6.26 Å². The average molecular weight is 368 g/mol. The fourth-order valence-corrected chi connectivity index (χ4v) is 2.93. The zero-order valence-electron chi connectivity index (χ0n) is 14.7. The molecule has 1 saturated heterocycles. The van der Waals surface area contributed by atoms with E-state index in [2.05, 4.69) is 20.8 Å². The highest BCUT2D eigenvalue weighted by molar-refractivity contribution is 5.89. The van der Waals surface area contributed by atoms with Gasteiger partial charge in [-0.05, 0) is 37.1 Å². The molecule has 0 saturated carbocycles. The Hall–Kier alpha value is -3.13. The molecule has 2 amide bonds. The highest BCUT2D eigenvalue weighted by atomic mass is 16.5. The summed E-state index contributed by atoms with van der Waals surface area (Å²) in [4.78, 5) is 16.4. The molecular formula is C19H20N4O4. The largest absolute Gasteiger partial charge is 0.464 e. The molecule has 1 aliphatic rings. The Labute approximate surface area is 155 Å². The van der Waals surface area contributed by atoms with Crippen LogP contribution < -0.4 is 10.6 Å². The first-order chi connectivity index (χ1) is 13.3. The molecule has 0 aliphatic carbocycles. The first-order valence-electron chi connectivity index (χ1n) is 8.91. The van der Waals surface area contributed by atoms with Crippen LogP contribution in [0.15, 0.2) is 51.6 Å². The molecule has 4 rings (SSSR count). The molecule has 8 heteroatoms. The lowest BCUT2D eigenvalue weighted by Crippen LogP contribution is -2.30. The van der Waals surface area contributed by atoms with E-state index in [9.17, 15) is 4.79 Å². The molecule has 2 N–H and O–H groups in total. The molecule has 3 heterocycles. The second-order valence-electron chi connectivity index (χ2n) is 6.24. The molecule has 8 nitrogen and oxygen atoms in total. The molecule has 1 fully saturated rings. The molecule has 1 aromatic carbocycles. The molecule has 2 aromatic heterocycles. The summed E-state index contributed by atoms with van der Waals surface area (Å²) in [6, 6.07) is 10.8. The number of benzene rings is 1. The van der Waals surface area contributed by atoms with Gasteiger partial charge in [-0.15, -0.1) is 0 Å². The number of hydrogen-bond donors (Lipinski definition) is 2. The summed E-state index contributed by atoms with van der Waals surface area (Å²) in [5.41, 5.74) is 1.58. The lowest BCUT2D eigenvalue weighted by molar-refractivity contribution is 0.0835. The van der Waals surface area contributed by atoms with Crippen LogP contribution in [0.2, 0.25) is 0 Å². The first-order valence-corrected chi connectivity index (χ1v) is 8.91. The Morgan fingerprint density at radius 2 is 2.22 bits per heavy atom. The molecule has 140 valence electrons. The number of hydrogen-bond acceptors (Lipinski definition) is 6. The van der Waals surface area contributed by atoms with Gasteiger partial charge in [0.05, 0.1) is 6.26 Å². The van der Waals surface area contributed by atoms with Gasteiger partial charge in [0.25, 0.3) is 5.89 Å². The van der Waals surface area contributed by atoms with E-state index >= 15 is 0 Å². The van der Waals surface area contributed by atoms with Crippen molar-refractivity contribution in [2.24, 2.45) is 0 Å². The molecular weight excluding hydrogens is 348 g/mol. The van der Waals surface area contributed by atoms with Crippen LogP contribution in [0.1, 0.15) is 30.7 Å². The highest BCUT2D eigenvalue weighted by Crippen LogP contribution is 2.27. The van der Waals surface area contributed by atoms with Crippen molar-refractivity contribution in [2.45, 2.75) is 25.4 Å². The van der Waals surface area contributed by atoms with Crippen molar-refractivity contribution in [1.29, 1.82) is 0 Å². The Morgan fingerprint density at radius 1 is 1.26 bits per heavy atom. The predicted molar refractivity (Wildman–Crippen MR) is 97.1 cm³/mol. The fourth-order valence-electron chi connectivity index (χ4n) is 2.93. The van der Waals surface area contributed by atoms with Crippen LogP contribution in [0.25, 0.3) is 11.3 Å². The standard InChI is InChI=1S/C19H20N4O4/c24-19(21-14-5-1-4-13(12-14)15-6-2-10-25-15)20-9-8-17-22-18(27-23-17)16-7-3-11-26-16/h1-2,4-6,10,12,16H,3,7-9,11H2,(H2,20,21,24)/t16-/m0/s1. The topological polar surface area (TPSA) is 102 Å². The van der Waals surface area contributed by atoms with Gasteiger partial charge in [0, 0.05) is 30.8 Å². The van der Waals surface area contributed by atoms with Gasteiger partial charge >= 0.3 is 6.03 Å². The lowest BCUT2D eigenvalue weighted by Gasteiger charge is -2.07. The van der Waals surface area contributed by atoms with E-state index in [0.29, 0.717) is 30.4 Å². The van der Waals surface area contributed by atoms with Gasteiger partial charge in [0.1, 0.15) is 11.9 Å². The van der Waals surface area contributed by atoms with Gasteiger partial charge in [-0.3, -0.25) is 0 Å². The second kappa shape index (κ2) is 8.05. The van der Waals surface area contributed by atoms with Crippen LogP contribution >= 0.6 is 0 Å². The summed E-state index contributed by atoms with van der Waals surface area (Å²) in [6.07, 6.45) is 3.91. The number of carbonyl (C=O) groups is 1. The molecule has 0 spiro atoms. The lowest BCUT2D eigenvalue weighted by atomic mass is 10.1. The van der Waals surface area contributed by atoms with Crippen molar-refractivity contribution in [3.63, 3.8) is 0 Å². The number of nitrogens with zero attached hydrogens (tertiary/aromatic N) is 2. The molecule has 1 aliphatic heterocycles. The van der Waals surface area contributed by atoms with Crippen molar-refractivity contribution < 1.29 is 18.5 Å². The van der Waals surface area contributed by atoms with Gasteiger partial charge in [-0.1, -0.05) is 17.3 Å². The quantitative estimate of drug-likeness (QED) is 0.690. The Bertz CT molecular complexity index is 885. The van der Waals surface area contributed by atoms with E-state index in [-0.39, 0.29) is 12.1 Å². The van der Waals surface area contributed by atoms with Crippen molar-refractivity contribution in [3.8, 4) is 11.3 Å². The number of furan rings is 1. The number of anilines is 1. The summed E-state index contributed by atoms with van der Waals surface area (Å²) in [7, 11) is 0. The molecule has 0 unspecified atom stereocenters. The Kier molecular flexibility index (Phi) is 5.15. The van der Waals surface area contributed by atoms with Crippen LogP contribution in [0.5, 0.6) is 0 Å². The number of aromatic nitrogens is 2. The molecule has 0 bridgehead atoms. The van der Waals surface area contributed by atoms with Crippen LogP contribution in [0, 0.1) is 0 Å². The van der Waals surface area contributed by atoms with Gasteiger partial charge < -0.3 is 24.3 Å². The van der Waals surface area contributed by atoms with Crippen LogP contribution in [-0.4, -0.2) is 29.3 Å². The zero-order valence-corrected chi connectivity index (χ0v) is 14.7. The molecule has 27 heavy (non-hydrogen) atoms. The van der Waals surface area contributed by atoms with Gasteiger partial charge in [0.15, 0.2) is 5.82 Å². The van der Waals surface area contributed by atoms with Gasteiger partial charge in [-0.2, -0.15) is 4.98 Å². The zero-order chi connectivity index (χ0) is 18.5. The monoisotopic (exact) mass is 368 g/mol. The van der Waals surface area contributed by atoms with Gasteiger partial charge in [-0.25, -0.2) is 4.79 Å². The maximum Gasteiger partial charge on any atom is 0.319 e. The predicted octanol–water partition coefficient (Wildman–Crippen LogP) is 3.55. The number of amides is 2. The number of rotatable bonds is 6. The van der Waals surface area contributed by atoms with E-state index in [1.165, 1.54) is 0 Å². The average Bonchev–Trinajstić information content (AvgIpc) is 3.43. The molecule has 0 radical (unpaired) electrons.